The quantitative estimate of drug-likeness (QED) is 0.709. The number of nitrogens with one attached hydrogen (secondary N) is 2. The van der Waals surface area contributed by atoms with Gasteiger partial charge in [-0.15, -0.1) is 0 Å². The van der Waals surface area contributed by atoms with Gasteiger partial charge >= 0.3 is 0 Å². The van der Waals surface area contributed by atoms with Gasteiger partial charge in [0.15, 0.2) is 0 Å². The monoisotopic (exact) mass is 268 g/mol. The molecule has 0 bridgehead atoms. The van der Waals surface area contributed by atoms with Gasteiger partial charge in [-0.3, -0.25) is 4.79 Å². The van der Waals surface area contributed by atoms with Crippen molar-refractivity contribution < 1.29 is 9.90 Å². The van der Waals surface area contributed by atoms with Crippen LogP contribution in [-0.4, -0.2) is 35.7 Å². The minimum atomic E-state index is -0.606. The molecule has 110 valence electrons. The molecule has 19 heavy (non-hydrogen) atoms. The minimum Gasteiger partial charge on any atom is -0.389 e. The second-order valence-electron chi connectivity index (χ2n) is 6.58. The topological polar surface area (TPSA) is 61.4 Å². The van der Waals surface area contributed by atoms with Gasteiger partial charge in [-0.1, -0.05) is 32.6 Å². The molecule has 0 spiro atoms. The third-order valence-corrected chi connectivity index (χ3v) is 4.53. The highest BCUT2D eigenvalue weighted by Crippen LogP contribution is 2.31. The molecule has 2 aliphatic carbocycles. The predicted molar refractivity (Wildman–Crippen MR) is 75.9 cm³/mol. The van der Waals surface area contributed by atoms with Crippen LogP contribution in [0.1, 0.15) is 58.3 Å². The predicted octanol–water partition coefficient (Wildman–Crippen LogP) is 1.58. The molecule has 0 aromatic heterocycles. The second kappa shape index (κ2) is 6.71. The molecule has 2 saturated carbocycles. The van der Waals surface area contributed by atoms with Crippen LogP contribution in [0.2, 0.25) is 0 Å². The molecule has 0 saturated heterocycles. The van der Waals surface area contributed by atoms with Crippen molar-refractivity contribution in [1.82, 2.24) is 10.6 Å². The lowest BCUT2D eigenvalue weighted by atomic mass is 9.79. The Labute approximate surface area is 116 Å². The molecule has 0 aromatic rings. The van der Waals surface area contributed by atoms with Gasteiger partial charge in [-0.25, -0.2) is 0 Å². The third kappa shape index (κ3) is 4.77. The van der Waals surface area contributed by atoms with Crippen molar-refractivity contribution in [3.05, 3.63) is 0 Å². The maximum absolute atomic E-state index is 11.8. The zero-order valence-corrected chi connectivity index (χ0v) is 12.1. The summed E-state index contributed by atoms with van der Waals surface area (Å²) in [5.74, 6) is 0.659. The number of carbonyl (C=O) groups is 1. The average molecular weight is 268 g/mol. The summed E-state index contributed by atoms with van der Waals surface area (Å²) in [4.78, 5) is 11.8. The van der Waals surface area contributed by atoms with E-state index in [0.717, 1.165) is 32.1 Å². The molecule has 3 N–H and O–H groups in total. The van der Waals surface area contributed by atoms with Crippen molar-refractivity contribution in [2.24, 2.45) is 5.92 Å². The zero-order chi connectivity index (χ0) is 13.7. The van der Waals surface area contributed by atoms with E-state index >= 15 is 0 Å². The Bertz CT molecular complexity index is 303. The van der Waals surface area contributed by atoms with Crippen LogP contribution in [0.15, 0.2) is 0 Å². The Morgan fingerprint density at radius 3 is 2.68 bits per heavy atom. The van der Waals surface area contributed by atoms with Gasteiger partial charge < -0.3 is 15.7 Å². The summed E-state index contributed by atoms with van der Waals surface area (Å²) in [6, 6.07) is 0.382. The van der Waals surface area contributed by atoms with Crippen LogP contribution in [-0.2, 0) is 4.79 Å². The Hall–Kier alpha value is -0.610. The number of carbonyl (C=O) groups excluding carboxylic acids is 1. The van der Waals surface area contributed by atoms with E-state index in [9.17, 15) is 9.90 Å². The molecule has 1 amide bonds. The average Bonchev–Trinajstić information content (AvgIpc) is 2.81. The Morgan fingerprint density at radius 2 is 2.00 bits per heavy atom. The molecule has 2 aliphatic rings. The largest absolute Gasteiger partial charge is 0.389 e. The summed E-state index contributed by atoms with van der Waals surface area (Å²) in [6.07, 6.45) is 8.71. The molecule has 4 heteroatoms. The fourth-order valence-electron chi connectivity index (χ4n) is 3.55. The van der Waals surface area contributed by atoms with Gasteiger partial charge in [0.1, 0.15) is 0 Å². The summed E-state index contributed by atoms with van der Waals surface area (Å²) in [6.45, 7) is 3.06. The van der Waals surface area contributed by atoms with E-state index in [0.29, 0.717) is 25.0 Å². The molecule has 2 unspecified atom stereocenters. The van der Waals surface area contributed by atoms with E-state index in [2.05, 4.69) is 17.6 Å². The van der Waals surface area contributed by atoms with Crippen LogP contribution < -0.4 is 10.6 Å². The highest BCUT2D eigenvalue weighted by molar-refractivity contribution is 5.78. The zero-order valence-electron chi connectivity index (χ0n) is 12.1. The maximum Gasteiger partial charge on any atom is 0.234 e. The smallest absolute Gasteiger partial charge is 0.234 e. The van der Waals surface area contributed by atoms with Crippen molar-refractivity contribution in [3.63, 3.8) is 0 Å². The first kappa shape index (κ1) is 14.8. The van der Waals surface area contributed by atoms with Crippen molar-refractivity contribution >= 4 is 5.91 Å². The SMILES string of the molecule is CC1CCCC(O)(CNCC(=O)NC2CCCC2)C1. The molecule has 0 radical (unpaired) electrons. The lowest BCUT2D eigenvalue weighted by Gasteiger charge is -2.35. The number of rotatable bonds is 5. The minimum absolute atomic E-state index is 0.0688. The first-order valence-electron chi connectivity index (χ1n) is 7.80. The van der Waals surface area contributed by atoms with Crippen LogP contribution >= 0.6 is 0 Å². The van der Waals surface area contributed by atoms with Crippen molar-refractivity contribution in [1.29, 1.82) is 0 Å². The summed E-state index contributed by atoms with van der Waals surface area (Å²) < 4.78 is 0. The van der Waals surface area contributed by atoms with Gasteiger partial charge in [0, 0.05) is 12.6 Å². The van der Waals surface area contributed by atoms with E-state index in [4.69, 9.17) is 0 Å². The third-order valence-electron chi connectivity index (χ3n) is 4.53. The second-order valence-corrected chi connectivity index (χ2v) is 6.58. The number of hydrogen-bond donors (Lipinski definition) is 3. The highest BCUT2D eigenvalue weighted by Gasteiger charge is 2.32. The number of hydrogen-bond acceptors (Lipinski definition) is 3. The van der Waals surface area contributed by atoms with E-state index in [1.807, 2.05) is 0 Å². The van der Waals surface area contributed by atoms with Crippen molar-refractivity contribution in [3.8, 4) is 0 Å². The molecular weight excluding hydrogens is 240 g/mol. The fourth-order valence-corrected chi connectivity index (χ4v) is 3.55. The van der Waals surface area contributed by atoms with E-state index in [1.54, 1.807) is 0 Å². The summed E-state index contributed by atoms with van der Waals surface area (Å²) in [7, 11) is 0. The molecule has 0 aromatic carbocycles. The van der Waals surface area contributed by atoms with Crippen LogP contribution in [0.4, 0.5) is 0 Å². The number of aliphatic hydroxyl groups is 1. The summed E-state index contributed by atoms with van der Waals surface area (Å²) >= 11 is 0. The molecule has 4 nitrogen and oxygen atoms in total. The Kier molecular flexibility index (Phi) is 5.22. The van der Waals surface area contributed by atoms with Crippen LogP contribution in [0.3, 0.4) is 0 Å². The molecule has 2 atom stereocenters. The van der Waals surface area contributed by atoms with Gasteiger partial charge in [0.25, 0.3) is 0 Å². The van der Waals surface area contributed by atoms with Gasteiger partial charge in [0.05, 0.1) is 12.1 Å². The molecule has 2 fully saturated rings. The van der Waals surface area contributed by atoms with Gasteiger partial charge in [-0.2, -0.15) is 0 Å². The molecular formula is C15H28N2O2. The lowest BCUT2D eigenvalue weighted by molar-refractivity contribution is -0.121. The first-order chi connectivity index (χ1) is 9.07. The van der Waals surface area contributed by atoms with E-state index in [1.165, 1.54) is 19.3 Å². The maximum atomic E-state index is 11.8. The summed E-state index contributed by atoms with van der Waals surface area (Å²) in [5, 5.41) is 16.6. The Balaban J connectivity index is 1.63. The normalized spacial score (nSPS) is 32.4. The molecule has 0 heterocycles. The first-order valence-corrected chi connectivity index (χ1v) is 7.80. The van der Waals surface area contributed by atoms with E-state index < -0.39 is 5.60 Å². The van der Waals surface area contributed by atoms with Crippen molar-refractivity contribution in [2.45, 2.75) is 69.9 Å². The van der Waals surface area contributed by atoms with Gasteiger partial charge in [-0.05, 0) is 31.6 Å². The fraction of sp³-hybridized carbons (Fsp3) is 0.933. The highest BCUT2D eigenvalue weighted by atomic mass is 16.3. The lowest BCUT2D eigenvalue weighted by Crippen LogP contribution is -2.47. The number of amides is 1. The van der Waals surface area contributed by atoms with Crippen LogP contribution in [0, 0.1) is 5.92 Å². The Morgan fingerprint density at radius 1 is 1.26 bits per heavy atom. The van der Waals surface area contributed by atoms with Crippen LogP contribution in [0.25, 0.3) is 0 Å². The van der Waals surface area contributed by atoms with Gasteiger partial charge in [0.2, 0.25) is 5.91 Å². The standard InChI is InChI=1S/C15H28N2O2/c1-12-5-4-8-15(19,9-12)11-16-10-14(18)17-13-6-2-3-7-13/h12-13,16,19H,2-11H2,1H3,(H,17,18). The van der Waals surface area contributed by atoms with Crippen molar-refractivity contribution in [2.75, 3.05) is 13.1 Å². The molecule has 2 rings (SSSR count). The van der Waals surface area contributed by atoms with Crippen LogP contribution in [0.5, 0.6) is 0 Å². The molecule has 0 aliphatic heterocycles. The van der Waals surface area contributed by atoms with E-state index in [-0.39, 0.29) is 5.91 Å². The summed E-state index contributed by atoms with van der Waals surface area (Å²) in [5.41, 5.74) is -0.606.